The molecule has 0 bridgehead atoms. The Morgan fingerprint density at radius 1 is 1.14 bits per heavy atom. The number of ether oxygens (including phenoxy) is 3. The van der Waals surface area contributed by atoms with Gasteiger partial charge >= 0.3 is 12.0 Å². The molecule has 0 spiro atoms. The van der Waals surface area contributed by atoms with Crippen molar-refractivity contribution in [1.82, 2.24) is 16.1 Å². The van der Waals surface area contributed by atoms with Gasteiger partial charge in [-0.1, -0.05) is 18.2 Å². The molecule has 0 radical (unpaired) electrons. The second kappa shape index (κ2) is 11.9. The Hall–Kier alpha value is -3.99. The van der Waals surface area contributed by atoms with Crippen molar-refractivity contribution in [2.24, 2.45) is 5.10 Å². The number of benzene rings is 2. The molecule has 3 N–H and O–H groups in total. The number of hydrazone groups is 1. The first-order valence-electron chi connectivity index (χ1n) is 10.5. The zero-order valence-corrected chi connectivity index (χ0v) is 20.5. The quantitative estimate of drug-likeness (QED) is 0.210. The minimum absolute atomic E-state index is 0.267. The van der Waals surface area contributed by atoms with Crippen LogP contribution < -0.4 is 25.5 Å². The van der Waals surface area contributed by atoms with Gasteiger partial charge in [0.15, 0.2) is 18.1 Å². The number of allylic oxidation sites excluding steroid dienone is 1. The van der Waals surface area contributed by atoms with E-state index in [-0.39, 0.29) is 12.2 Å². The van der Waals surface area contributed by atoms with Crippen LogP contribution in [0.2, 0.25) is 0 Å². The summed E-state index contributed by atoms with van der Waals surface area (Å²) >= 11 is 1.64. The summed E-state index contributed by atoms with van der Waals surface area (Å²) in [5.74, 6) is -0.395. The predicted molar refractivity (Wildman–Crippen MR) is 132 cm³/mol. The Morgan fingerprint density at radius 2 is 1.89 bits per heavy atom. The first-order chi connectivity index (χ1) is 16.9. The van der Waals surface area contributed by atoms with Crippen LogP contribution in [0.3, 0.4) is 0 Å². The molecule has 0 saturated carbocycles. The van der Waals surface area contributed by atoms with Crippen LogP contribution in [0, 0.1) is 0 Å². The van der Waals surface area contributed by atoms with Crippen molar-refractivity contribution in [2.75, 3.05) is 27.1 Å². The van der Waals surface area contributed by atoms with Gasteiger partial charge in [0.25, 0.3) is 5.91 Å². The normalized spacial score (nSPS) is 15.3. The monoisotopic (exact) mass is 498 g/mol. The van der Waals surface area contributed by atoms with Crippen molar-refractivity contribution in [2.45, 2.75) is 17.9 Å². The fourth-order valence-electron chi connectivity index (χ4n) is 3.35. The van der Waals surface area contributed by atoms with E-state index in [2.05, 4.69) is 21.2 Å². The number of amides is 3. The maximum Gasteiger partial charge on any atom is 0.337 e. The highest BCUT2D eigenvalue weighted by Gasteiger charge is 2.32. The molecule has 0 aromatic heterocycles. The number of carbonyl (C=O) groups excluding carboxylic acids is 3. The van der Waals surface area contributed by atoms with Gasteiger partial charge in [-0.2, -0.15) is 5.10 Å². The zero-order valence-electron chi connectivity index (χ0n) is 19.7. The third-order valence-corrected chi connectivity index (χ3v) is 5.82. The molecular weight excluding hydrogens is 472 g/mol. The predicted octanol–water partition coefficient (Wildman–Crippen LogP) is 2.75. The molecule has 10 nitrogen and oxygen atoms in total. The lowest BCUT2D eigenvalue weighted by atomic mass is 9.95. The Kier molecular flexibility index (Phi) is 8.74. The van der Waals surface area contributed by atoms with Crippen LogP contribution in [0.25, 0.3) is 0 Å². The number of methoxy groups -OCH3 is 2. The number of hydrogen-bond donors (Lipinski definition) is 3. The molecule has 3 amide bonds. The van der Waals surface area contributed by atoms with E-state index < -0.39 is 23.9 Å². The highest BCUT2D eigenvalue weighted by Crippen LogP contribution is 2.34. The molecule has 0 saturated heterocycles. The SMILES string of the molecule is COC(=O)C1=C(C)NC(=O)N[C@@H]1c1ccc(OCC(=O)N/N=C\c2ccc(SC)cc2)c(OC)c1. The fraction of sp³-hybridized carbons (Fsp3) is 0.250. The van der Waals surface area contributed by atoms with E-state index in [1.54, 1.807) is 43.1 Å². The lowest BCUT2D eigenvalue weighted by Gasteiger charge is -2.28. The summed E-state index contributed by atoms with van der Waals surface area (Å²) in [7, 11) is 2.71. The number of nitrogens with one attached hydrogen (secondary N) is 3. The van der Waals surface area contributed by atoms with E-state index in [4.69, 9.17) is 14.2 Å². The first kappa shape index (κ1) is 25.6. The molecule has 1 aliphatic heterocycles. The fourth-order valence-corrected chi connectivity index (χ4v) is 3.76. The van der Waals surface area contributed by atoms with Crippen LogP contribution in [-0.2, 0) is 14.3 Å². The van der Waals surface area contributed by atoms with E-state index in [9.17, 15) is 14.4 Å². The maximum atomic E-state index is 12.3. The number of thioether (sulfide) groups is 1. The molecule has 1 atom stereocenters. The summed E-state index contributed by atoms with van der Waals surface area (Å²) in [6.07, 6.45) is 3.54. The van der Waals surface area contributed by atoms with Gasteiger partial charge in [0.05, 0.1) is 32.0 Å². The van der Waals surface area contributed by atoms with Gasteiger partial charge in [-0.05, 0) is 48.6 Å². The number of esters is 1. The summed E-state index contributed by atoms with van der Waals surface area (Å²) in [4.78, 5) is 37.6. The van der Waals surface area contributed by atoms with Crippen LogP contribution in [0.15, 0.2) is 63.7 Å². The molecule has 0 fully saturated rings. The van der Waals surface area contributed by atoms with Gasteiger partial charge in [0.2, 0.25) is 0 Å². The molecule has 2 aromatic rings. The Morgan fingerprint density at radius 3 is 2.54 bits per heavy atom. The number of nitrogens with zero attached hydrogens (tertiary/aromatic N) is 1. The van der Waals surface area contributed by atoms with Crippen LogP contribution >= 0.6 is 11.8 Å². The molecule has 1 aliphatic rings. The molecule has 3 rings (SSSR count). The maximum absolute atomic E-state index is 12.3. The molecule has 1 heterocycles. The number of urea groups is 1. The minimum atomic E-state index is -0.748. The van der Waals surface area contributed by atoms with E-state index in [1.807, 2.05) is 30.5 Å². The van der Waals surface area contributed by atoms with Crippen LogP contribution in [0.5, 0.6) is 11.5 Å². The van der Waals surface area contributed by atoms with Gasteiger partial charge in [-0.25, -0.2) is 15.0 Å². The van der Waals surface area contributed by atoms with Crippen molar-refractivity contribution < 1.29 is 28.6 Å². The van der Waals surface area contributed by atoms with Crippen LogP contribution in [0.1, 0.15) is 24.1 Å². The molecule has 184 valence electrons. The van der Waals surface area contributed by atoms with E-state index in [0.717, 1.165) is 10.5 Å². The van der Waals surface area contributed by atoms with Gasteiger partial charge in [0.1, 0.15) is 0 Å². The summed E-state index contributed by atoms with van der Waals surface area (Å²) in [6.45, 7) is 1.32. The second-order valence-electron chi connectivity index (χ2n) is 7.33. The molecule has 0 unspecified atom stereocenters. The lowest BCUT2D eigenvalue weighted by Crippen LogP contribution is -2.45. The number of rotatable bonds is 9. The summed E-state index contributed by atoms with van der Waals surface area (Å²) in [5.41, 5.74) is 4.49. The third-order valence-electron chi connectivity index (χ3n) is 5.07. The minimum Gasteiger partial charge on any atom is -0.493 e. The molecule has 0 aliphatic carbocycles. The van der Waals surface area contributed by atoms with Crippen molar-refractivity contribution in [3.8, 4) is 11.5 Å². The summed E-state index contributed by atoms with van der Waals surface area (Å²) < 4.78 is 15.8. The van der Waals surface area contributed by atoms with Gasteiger partial charge in [0, 0.05) is 10.6 Å². The van der Waals surface area contributed by atoms with Crippen molar-refractivity contribution in [3.63, 3.8) is 0 Å². The van der Waals surface area contributed by atoms with E-state index in [1.165, 1.54) is 14.2 Å². The first-order valence-corrected chi connectivity index (χ1v) is 11.7. The number of hydrogen-bond acceptors (Lipinski definition) is 8. The molecule has 2 aromatic carbocycles. The largest absolute Gasteiger partial charge is 0.493 e. The van der Waals surface area contributed by atoms with Crippen LogP contribution in [0.4, 0.5) is 4.79 Å². The molecule has 35 heavy (non-hydrogen) atoms. The topological polar surface area (TPSA) is 127 Å². The standard InChI is InChI=1S/C24H26N4O6S/c1-14-21(23(30)33-3)22(27-24(31)26-14)16-7-10-18(19(11-16)32-2)34-13-20(29)28-25-12-15-5-8-17(35-4)9-6-15/h5-12,22H,13H2,1-4H3,(H,28,29)(H2,26,27,31)/b25-12-/t22-/m1/s1. The lowest BCUT2D eigenvalue weighted by molar-refractivity contribution is -0.136. The number of carbonyl (C=O) groups is 3. The van der Waals surface area contributed by atoms with Gasteiger partial charge in [-0.3, -0.25) is 4.79 Å². The van der Waals surface area contributed by atoms with Gasteiger partial charge in [-0.15, -0.1) is 11.8 Å². The van der Waals surface area contributed by atoms with Crippen molar-refractivity contribution in [1.29, 1.82) is 0 Å². The smallest absolute Gasteiger partial charge is 0.337 e. The summed E-state index contributed by atoms with van der Waals surface area (Å²) in [6, 6.07) is 11.4. The summed E-state index contributed by atoms with van der Waals surface area (Å²) in [5, 5.41) is 9.21. The molecule has 11 heteroatoms. The average molecular weight is 499 g/mol. The zero-order chi connectivity index (χ0) is 25.4. The highest BCUT2D eigenvalue weighted by atomic mass is 32.2. The third kappa shape index (κ3) is 6.54. The van der Waals surface area contributed by atoms with Crippen LogP contribution in [-0.4, -0.2) is 51.2 Å². The van der Waals surface area contributed by atoms with Crippen molar-refractivity contribution >= 4 is 35.9 Å². The Labute approximate surface area is 207 Å². The average Bonchev–Trinajstić information content (AvgIpc) is 2.86. The van der Waals surface area contributed by atoms with E-state index in [0.29, 0.717) is 22.8 Å². The van der Waals surface area contributed by atoms with Crippen molar-refractivity contribution in [3.05, 3.63) is 64.9 Å². The second-order valence-corrected chi connectivity index (χ2v) is 8.21. The Bertz CT molecular complexity index is 1160. The van der Waals surface area contributed by atoms with Gasteiger partial charge < -0.3 is 24.8 Å². The highest BCUT2D eigenvalue weighted by molar-refractivity contribution is 7.98. The van der Waals surface area contributed by atoms with E-state index >= 15 is 0 Å². The Balaban J connectivity index is 1.66. The molecular formula is C24H26N4O6S.